The lowest BCUT2D eigenvalue weighted by atomic mass is 9.92. The van der Waals surface area contributed by atoms with Gasteiger partial charge in [-0.15, -0.1) is 11.3 Å². The van der Waals surface area contributed by atoms with Crippen LogP contribution in [0.1, 0.15) is 61.8 Å². The predicted octanol–water partition coefficient (Wildman–Crippen LogP) is 3.50. The van der Waals surface area contributed by atoms with Crippen molar-refractivity contribution in [2.24, 2.45) is 0 Å². The first kappa shape index (κ1) is 19.6. The molecule has 1 N–H and O–H groups in total. The molecular formula is C21H30N4O2S. The highest BCUT2D eigenvalue weighted by atomic mass is 32.1. The first-order chi connectivity index (χ1) is 13.6. The Morgan fingerprint density at radius 1 is 1.25 bits per heavy atom. The van der Waals surface area contributed by atoms with Crippen LogP contribution in [0.2, 0.25) is 0 Å². The molecule has 7 heteroatoms. The molecule has 152 valence electrons. The fourth-order valence-electron chi connectivity index (χ4n) is 4.66. The fraction of sp³-hybridized carbons (Fsp3) is 0.667. The number of nitrogens with one attached hydrogen (secondary N) is 1. The SMILES string of the molecule is CCNC(=O)CC1CCc2sc3ncnc(OC4CCC(N(C)C)CC4)c3c21. The highest BCUT2D eigenvalue weighted by molar-refractivity contribution is 7.19. The van der Waals surface area contributed by atoms with Crippen molar-refractivity contribution in [3.63, 3.8) is 0 Å². The summed E-state index contributed by atoms with van der Waals surface area (Å²) in [5.74, 6) is 1.09. The zero-order chi connectivity index (χ0) is 19.7. The van der Waals surface area contributed by atoms with Crippen molar-refractivity contribution >= 4 is 27.5 Å². The normalized spacial score (nSPS) is 24.5. The molecule has 0 bridgehead atoms. The van der Waals surface area contributed by atoms with Gasteiger partial charge in [-0.3, -0.25) is 4.79 Å². The Labute approximate surface area is 170 Å². The van der Waals surface area contributed by atoms with Gasteiger partial charge in [0.05, 0.1) is 5.39 Å². The van der Waals surface area contributed by atoms with Gasteiger partial charge in [-0.2, -0.15) is 0 Å². The maximum Gasteiger partial charge on any atom is 0.225 e. The lowest BCUT2D eigenvalue weighted by Crippen LogP contribution is -2.35. The van der Waals surface area contributed by atoms with E-state index in [1.807, 2.05) is 6.92 Å². The Morgan fingerprint density at radius 3 is 2.75 bits per heavy atom. The van der Waals surface area contributed by atoms with Crippen LogP contribution in [0.3, 0.4) is 0 Å². The molecule has 1 atom stereocenters. The second-order valence-corrected chi connectivity index (χ2v) is 9.29. The topological polar surface area (TPSA) is 67.3 Å². The summed E-state index contributed by atoms with van der Waals surface area (Å²) >= 11 is 1.74. The summed E-state index contributed by atoms with van der Waals surface area (Å²) in [6, 6.07) is 0.650. The summed E-state index contributed by atoms with van der Waals surface area (Å²) in [6.45, 7) is 2.64. The highest BCUT2D eigenvalue weighted by Crippen LogP contribution is 2.47. The summed E-state index contributed by atoms with van der Waals surface area (Å²) in [5, 5.41) is 3.99. The van der Waals surface area contributed by atoms with Crippen LogP contribution < -0.4 is 10.1 Å². The molecule has 1 saturated carbocycles. The fourth-order valence-corrected chi connectivity index (χ4v) is 5.90. The van der Waals surface area contributed by atoms with Crippen molar-refractivity contribution in [2.75, 3.05) is 20.6 Å². The first-order valence-electron chi connectivity index (χ1n) is 10.4. The molecule has 0 aliphatic heterocycles. The lowest BCUT2D eigenvalue weighted by molar-refractivity contribution is -0.121. The van der Waals surface area contributed by atoms with Crippen molar-refractivity contribution in [2.45, 2.75) is 69.9 Å². The molecule has 2 aliphatic rings. The second kappa shape index (κ2) is 8.33. The van der Waals surface area contributed by atoms with E-state index in [0.29, 0.717) is 19.0 Å². The monoisotopic (exact) mass is 402 g/mol. The van der Waals surface area contributed by atoms with Crippen molar-refractivity contribution in [3.8, 4) is 5.88 Å². The Kier molecular flexibility index (Phi) is 5.83. The molecule has 0 saturated heterocycles. The van der Waals surface area contributed by atoms with Gasteiger partial charge >= 0.3 is 0 Å². The Morgan fingerprint density at radius 2 is 2.04 bits per heavy atom. The average Bonchev–Trinajstić information content (AvgIpc) is 3.22. The summed E-state index contributed by atoms with van der Waals surface area (Å²) in [4.78, 5) is 25.9. The van der Waals surface area contributed by atoms with Crippen LogP contribution in [-0.2, 0) is 11.2 Å². The number of rotatable bonds is 6. The summed E-state index contributed by atoms with van der Waals surface area (Å²) < 4.78 is 6.42. The van der Waals surface area contributed by atoms with Crippen LogP contribution in [0.15, 0.2) is 6.33 Å². The summed E-state index contributed by atoms with van der Waals surface area (Å²) in [6.07, 6.45) is 8.85. The van der Waals surface area contributed by atoms with Crippen LogP contribution >= 0.6 is 11.3 Å². The summed E-state index contributed by atoms with van der Waals surface area (Å²) in [7, 11) is 4.31. The third kappa shape index (κ3) is 3.87. The molecule has 2 aliphatic carbocycles. The molecule has 1 amide bonds. The Hall–Kier alpha value is -1.73. The summed E-state index contributed by atoms with van der Waals surface area (Å²) in [5.41, 5.74) is 1.27. The first-order valence-corrected chi connectivity index (χ1v) is 11.2. The highest BCUT2D eigenvalue weighted by Gasteiger charge is 2.32. The van der Waals surface area contributed by atoms with E-state index in [1.165, 1.54) is 10.4 Å². The standard InChI is InChI=1S/C21H30N4O2S/c1-4-22-17(26)11-13-5-10-16-18(13)19-20(23-12-24-21(19)28-16)27-15-8-6-14(7-9-15)25(2)3/h12-15H,4-11H2,1-3H3,(H,22,26). The third-order valence-corrected chi connectivity index (χ3v) is 7.33. The number of carbonyl (C=O) groups is 1. The van der Waals surface area contributed by atoms with Crippen molar-refractivity contribution in [1.82, 2.24) is 20.2 Å². The van der Waals surface area contributed by atoms with Crippen LogP contribution in [0.25, 0.3) is 10.2 Å². The maximum absolute atomic E-state index is 12.2. The van der Waals surface area contributed by atoms with Gasteiger partial charge in [-0.05, 0) is 71.0 Å². The zero-order valence-electron chi connectivity index (χ0n) is 17.0. The van der Waals surface area contributed by atoms with Crippen LogP contribution in [0.5, 0.6) is 5.88 Å². The van der Waals surface area contributed by atoms with Gasteiger partial charge < -0.3 is 15.0 Å². The molecule has 2 aromatic heterocycles. The minimum Gasteiger partial charge on any atom is -0.474 e. The molecule has 0 aromatic carbocycles. The van der Waals surface area contributed by atoms with E-state index in [9.17, 15) is 4.79 Å². The predicted molar refractivity (Wildman–Crippen MR) is 112 cm³/mol. The molecule has 1 unspecified atom stereocenters. The van der Waals surface area contributed by atoms with Gasteiger partial charge in [0.1, 0.15) is 17.3 Å². The lowest BCUT2D eigenvalue weighted by Gasteiger charge is -2.32. The molecule has 28 heavy (non-hydrogen) atoms. The molecule has 0 radical (unpaired) electrons. The molecule has 2 heterocycles. The van der Waals surface area contributed by atoms with Crippen LogP contribution in [0, 0.1) is 0 Å². The zero-order valence-corrected chi connectivity index (χ0v) is 17.8. The van der Waals surface area contributed by atoms with Crippen molar-refractivity contribution in [3.05, 3.63) is 16.8 Å². The van der Waals surface area contributed by atoms with E-state index in [2.05, 4.69) is 34.3 Å². The number of aryl methyl sites for hydroxylation is 1. The van der Waals surface area contributed by atoms with Gasteiger partial charge in [0.15, 0.2) is 0 Å². The molecule has 6 nitrogen and oxygen atoms in total. The molecule has 4 rings (SSSR count). The second-order valence-electron chi connectivity index (χ2n) is 8.20. The number of fused-ring (bicyclic) bond motifs is 3. The smallest absolute Gasteiger partial charge is 0.225 e. The quantitative estimate of drug-likeness (QED) is 0.801. The Bertz CT molecular complexity index is 842. The molecule has 1 fully saturated rings. The number of amides is 1. The number of aromatic nitrogens is 2. The number of carbonyl (C=O) groups excluding carboxylic acids is 1. The van der Waals surface area contributed by atoms with Crippen LogP contribution in [-0.4, -0.2) is 53.6 Å². The van der Waals surface area contributed by atoms with E-state index in [0.717, 1.165) is 54.6 Å². The molecule has 2 aromatic rings. The van der Waals surface area contributed by atoms with Crippen molar-refractivity contribution in [1.29, 1.82) is 0 Å². The minimum absolute atomic E-state index is 0.126. The van der Waals surface area contributed by atoms with Gasteiger partial charge in [-0.1, -0.05) is 0 Å². The number of ether oxygens (including phenoxy) is 1. The van der Waals surface area contributed by atoms with E-state index >= 15 is 0 Å². The van der Waals surface area contributed by atoms with Crippen molar-refractivity contribution < 1.29 is 9.53 Å². The number of hydrogen-bond donors (Lipinski definition) is 1. The van der Waals surface area contributed by atoms with Gasteiger partial charge in [0.2, 0.25) is 11.8 Å². The number of thiophene rings is 1. The third-order valence-electron chi connectivity index (χ3n) is 6.15. The minimum atomic E-state index is 0.126. The average molecular weight is 403 g/mol. The van der Waals surface area contributed by atoms with E-state index in [-0.39, 0.29) is 17.9 Å². The van der Waals surface area contributed by atoms with Crippen LogP contribution in [0.4, 0.5) is 0 Å². The molecule has 0 spiro atoms. The van der Waals surface area contributed by atoms with E-state index in [4.69, 9.17) is 4.74 Å². The van der Waals surface area contributed by atoms with E-state index < -0.39 is 0 Å². The number of nitrogens with zero attached hydrogens (tertiary/aromatic N) is 3. The number of hydrogen-bond acceptors (Lipinski definition) is 6. The van der Waals surface area contributed by atoms with Gasteiger partial charge in [0, 0.05) is 23.9 Å². The Balaban J connectivity index is 1.56. The van der Waals surface area contributed by atoms with Gasteiger partial charge in [-0.25, -0.2) is 9.97 Å². The van der Waals surface area contributed by atoms with Gasteiger partial charge in [0.25, 0.3) is 0 Å². The van der Waals surface area contributed by atoms with E-state index in [1.54, 1.807) is 17.7 Å². The largest absolute Gasteiger partial charge is 0.474 e. The maximum atomic E-state index is 12.2. The molecular weight excluding hydrogens is 372 g/mol.